The van der Waals surface area contributed by atoms with E-state index in [1.165, 1.54) is 11.8 Å². The molecule has 1 aliphatic heterocycles. The third-order valence-electron chi connectivity index (χ3n) is 5.45. The second-order valence-electron chi connectivity index (χ2n) is 7.72. The van der Waals surface area contributed by atoms with Crippen LogP contribution in [0, 0.1) is 6.92 Å². The molecule has 0 aliphatic carbocycles. The topological polar surface area (TPSA) is 88.8 Å². The standard InChI is InChI=1S/C24H26N4O4S/c1-17-25-22(32-26-17)16-33-21-9-4-3-8-20(21)24(30)28-12-10-27(11-13-28)23(29)15-18-6-5-7-19(14-18)31-2/h3-9,14H,10-13,15-16H2,1-2H3. The van der Waals surface area contributed by atoms with Crippen molar-refractivity contribution < 1.29 is 18.8 Å². The number of methoxy groups -OCH3 is 1. The molecule has 0 atom stereocenters. The lowest BCUT2D eigenvalue weighted by atomic mass is 10.1. The highest BCUT2D eigenvalue weighted by atomic mass is 32.2. The zero-order chi connectivity index (χ0) is 23.2. The Morgan fingerprint density at radius 1 is 1.06 bits per heavy atom. The maximum atomic E-state index is 13.2. The molecule has 2 amide bonds. The van der Waals surface area contributed by atoms with Crippen LogP contribution in [0.3, 0.4) is 0 Å². The number of rotatable bonds is 7. The molecule has 8 nitrogen and oxygen atoms in total. The number of amides is 2. The molecule has 9 heteroatoms. The first-order valence-corrected chi connectivity index (χ1v) is 11.7. The fourth-order valence-corrected chi connectivity index (χ4v) is 4.59. The minimum Gasteiger partial charge on any atom is -0.497 e. The van der Waals surface area contributed by atoms with E-state index in [1.807, 2.05) is 58.3 Å². The number of ether oxygens (including phenoxy) is 1. The van der Waals surface area contributed by atoms with Gasteiger partial charge in [0.05, 0.1) is 24.8 Å². The van der Waals surface area contributed by atoms with Crippen LogP contribution in [-0.4, -0.2) is 65.0 Å². The van der Waals surface area contributed by atoms with Crippen LogP contribution in [0.4, 0.5) is 0 Å². The number of thioether (sulfide) groups is 1. The summed E-state index contributed by atoms with van der Waals surface area (Å²) < 4.78 is 10.4. The van der Waals surface area contributed by atoms with Gasteiger partial charge in [-0.25, -0.2) is 0 Å². The summed E-state index contributed by atoms with van der Waals surface area (Å²) in [5, 5.41) is 3.80. The molecule has 0 bridgehead atoms. The number of benzene rings is 2. The fourth-order valence-electron chi connectivity index (χ4n) is 3.71. The first-order chi connectivity index (χ1) is 16.0. The van der Waals surface area contributed by atoms with E-state index >= 15 is 0 Å². The first kappa shape index (κ1) is 22.8. The monoisotopic (exact) mass is 466 g/mol. The normalized spacial score (nSPS) is 13.8. The maximum absolute atomic E-state index is 13.2. The van der Waals surface area contributed by atoms with Crippen molar-refractivity contribution in [2.24, 2.45) is 0 Å². The van der Waals surface area contributed by atoms with Gasteiger partial charge in [-0.1, -0.05) is 29.4 Å². The minimum atomic E-state index is -0.0281. The molecule has 33 heavy (non-hydrogen) atoms. The van der Waals surface area contributed by atoms with Crippen LogP contribution in [0.25, 0.3) is 0 Å². The molecule has 1 aromatic heterocycles. The van der Waals surface area contributed by atoms with Crippen molar-refractivity contribution in [1.29, 1.82) is 0 Å². The predicted molar refractivity (Wildman–Crippen MR) is 124 cm³/mol. The van der Waals surface area contributed by atoms with Crippen LogP contribution in [0.5, 0.6) is 5.75 Å². The molecule has 4 rings (SSSR count). The van der Waals surface area contributed by atoms with Gasteiger partial charge in [0.2, 0.25) is 11.8 Å². The quantitative estimate of drug-likeness (QED) is 0.494. The number of nitrogens with zero attached hydrogens (tertiary/aromatic N) is 4. The van der Waals surface area contributed by atoms with Gasteiger partial charge in [0.1, 0.15) is 5.75 Å². The number of piperazine rings is 1. The molecule has 172 valence electrons. The van der Waals surface area contributed by atoms with E-state index in [-0.39, 0.29) is 11.8 Å². The summed E-state index contributed by atoms with van der Waals surface area (Å²) in [7, 11) is 1.61. The lowest BCUT2D eigenvalue weighted by Crippen LogP contribution is -2.51. The van der Waals surface area contributed by atoms with Crippen LogP contribution in [0.15, 0.2) is 57.9 Å². The van der Waals surface area contributed by atoms with Crippen LogP contribution in [0.2, 0.25) is 0 Å². The fraction of sp³-hybridized carbons (Fsp3) is 0.333. The Hall–Kier alpha value is -3.33. The molecule has 0 saturated carbocycles. The van der Waals surface area contributed by atoms with E-state index < -0.39 is 0 Å². The van der Waals surface area contributed by atoms with Crippen LogP contribution in [-0.2, 0) is 17.0 Å². The van der Waals surface area contributed by atoms with Crippen molar-refractivity contribution in [3.8, 4) is 5.75 Å². The SMILES string of the molecule is COc1cccc(CC(=O)N2CCN(C(=O)c3ccccc3SCc3nc(C)no3)CC2)c1. The lowest BCUT2D eigenvalue weighted by Gasteiger charge is -2.35. The Morgan fingerprint density at radius 2 is 1.82 bits per heavy atom. The van der Waals surface area contributed by atoms with Crippen LogP contribution in [0.1, 0.15) is 27.6 Å². The second kappa shape index (κ2) is 10.5. The summed E-state index contributed by atoms with van der Waals surface area (Å²) in [6, 6.07) is 15.1. The summed E-state index contributed by atoms with van der Waals surface area (Å²) in [6.45, 7) is 3.82. The Bertz CT molecular complexity index is 1120. The molecule has 1 saturated heterocycles. The Balaban J connectivity index is 1.34. The summed E-state index contributed by atoms with van der Waals surface area (Å²) in [5.74, 6) is 2.39. The zero-order valence-corrected chi connectivity index (χ0v) is 19.5. The summed E-state index contributed by atoms with van der Waals surface area (Å²) in [4.78, 5) is 34.7. The van der Waals surface area contributed by atoms with Crippen LogP contribution < -0.4 is 4.74 Å². The number of carbonyl (C=O) groups excluding carboxylic acids is 2. The molecule has 0 N–H and O–H groups in total. The highest BCUT2D eigenvalue weighted by Crippen LogP contribution is 2.27. The van der Waals surface area contributed by atoms with Crippen LogP contribution >= 0.6 is 11.8 Å². The van der Waals surface area contributed by atoms with E-state index in [0.29, 0.717) is 55.6 Å². The molecule has 1 aliphatic rings. The molecular weight excluding hydrogens is 440 g/mol. The number of hydrogen-bond acceptors (Lipinski definition) is 7. The molecule has 2 aromatic carbocycles. The molecule has 0 spiro atoms. The van der Waals surface area contributed by atoms with Crippen molar-refractivity contribution in [3.63, 3.8) is 0 Å². The van der Waals surface area contributed by atoms with E-state index in [1.54, 1.807) is 14.0 Å². The van der Waals surface area contributed by atoms with Crippen molar-refractivity contribution in [3.05, 3.63) is 71.4 Å². The molecule has 0 radical (unpaired) electrons. The summed E-state index contributed by atoms with van der Waals surface area (Å²) in [5.41, 5.74) is 1.56. The molecular formula is C24H26N4O4S. The van der Waals surface area contributed by atoms with Crippen molar-refractivity contribution in [1.82, 2.24) is 19.9 Å². The van der Waals surface area contributed by atoms with Gasteiger partial charge in [-0.15, -0.1) is 11.8 Å². The summed E-state index contributed by atoms with van der Waals surface area (Å²) >= 11 is 1.50. The number of hydrogen-bond donors (Lipinski definition) is 0. The molecule has 2 heterocycles. The predicted octanol–water partition coefficient (Wildman–Crippen LogP) is 3.21. The van der Waals surface area contributed by atoms with Gasteiger partial charge in [-0.05, 0) is 36.8 Å². The third kappa shape index (κ3) is 5.73. The molecule has 0 unspecified atom stereocenters. The van der Waals surface area contributed by atoms with Gasteiger partial charge in [0.25, 0.3) is 5.91 Å². The number of aryl methyl sites for hydroxylation is 1. The van der Waals surface area contributed by atoms with Gasteiger partial charge >= 0.3 is 0 Å². The lowest BCUT2D eigenvalue weighted by molar-refractivity contribution is -0.131. The second-order valence-corrected chi connectivity index (χ2v) is 8.74. The molecule has 3 aromatic rings. The largest absolute Gasteiger partial charge is 0.497 e. The minimum absolute atomic E-state index is 0.0281. The summed E-state index contributed by atoms with van der Waals surface area (Å²) in [6.07, 6.45) is 0.319. The smallest absolute Gasteiger partial charge is 0.255 e. The first-order valence-electron chi connectivity index (χ1n) is 10.7. The average molecular weight is 467 g/mol. The maximum Gasteiger partial charge on any atom is 0.255 e. The zero-order valence-electron chi connectivity index (χ0n) is 18.7. The Labute approximate surface area is 196 Å². The van der Waals surface area contributed by atoms with Crippen molar-refractivity contribution in [2.45, 2.75) is 24.0 Å². The highest BCUT2D eigenvalue weighted by Gasteiger charge is 2.26. The van der Waals surface area contributed by atoms with Gasteiger partial charge in [0, 0.05) is 31.1 Å². The van der Waals surface area contributed by atoms with E-state index in [9.17, 15) is 9.59 Å². The van der Waals surface area contributed by atoms with Gasteiger partial charge in [0.15, 0.2) is 5.82 Å². The van der Waals surface area contributed by atoms with E-state index in [0.717, 1.165) is 16.2 Å². The van der Waals surface area contributed by atoms with Gasteiger partial charge < -0.3 is 19.1 Å². The Morgan fingerprint density at radius 3 is 2.55 bits per heavy atom. The Kier molecular flexibility index (Phi) is 7.29. The third-order valence-corrected chi connectivity index (χ3v) is 6.51. The molecule has 1 fully saturated rings. The number of carbonyl (C=O) groups is 2. The number of aromatic nitrogens is 2. The van der Waals surface area contributed by atoms with Gasteiger partial charge in [-0.2, -0.15) is 4.98 Å². The van der Waals surface area contributed by atoms with E-state index in [4.69, 9.17) is 9.26 Å². The average Bonchev–Trinajstić information content (AvgIpc) is 3.27. The van der Waals surface area contributed by atoms with Crippen molar-refractivity contribution in [2.75, 3.05) is 33.3 Å². The van der Waals surface area contributed by atoms with E-state index in [2.05, 4.69) is 10.1 Å². The highest BCUT2D eigenvalue weighted by molar-refractivity contribution is 7.98. The van der Waals surface area contributed by atoms with Crippen molar-refractivity contribution >= 4 is 23.6 Å². The van der Waals surface area contributed by atoms with Gasteiger partial charge in [-0.3, -0.25) is 9.59 Å².